The van der Waals surface area contributed by atoms with E-state index in [0.29, 0.717) is 0 Å². The second-order valence-corrected chi connectivity index (χ2v) is 7.83. The van der Waals surface area contributed by atoms with E-state index in [9.17, 15) is 5.11 Å². The van der Waals surface area contributed by atoms with Gasteiger partial charge in [-0.2, -0.15) is 0 Å². The topological polar surface area (TPSA) is 36.4 Å². The van der Waals surface area contributed by atoms with Gasteiger partial charge >= 0.3 is 0 Å². The van der Waals surface area contributed by atoms with Gasteiger partial charge in [0.25, 0.3) is 0 Å². The van der Waals surface area contributed by atoms with Gasteiger partial charge in [0.15, 0.2) is 0 Å². The third-order valence-electron chi connectivity index (χ3n) is 5.80. The molecule has 0 amide bonds. The molecule has 3 nitrogen and oxygen atoms in total. The number of aliphatic hydroxyl groups excluding tert-OH is 1. The first-order valence-electron chi connectivity index (χ1n) is 9.97. The maximum absolute atomic E-state index is 9.53. The zero-order valence-electron chi connectivity index (χ0n) is 16.1. The first kappa shape index (κ1) is 18.1. The fraction of sp³-hybridized carbons (Fsp3) is 0.375. The van der Waals surface area contributed by atoms with E-state index in [4.69, 9.17) is 0 Å². The average Bonchev–Trinajstić information content (AvgIpc) is 2.70. The summed E-state index contributed by atoms with van der Waals surface area (Å²) in [5, 5.41) is 10.8. The Morgan fingerprint density at radius 2 is 1.78 bits per heavy atom. The fourth-order valence-electron chi connectivity index (χ4n) is 4.20. The molecule has 0 spiro atoms. The number of aryl methyl sites for hydroxylation is 1. The molecule has 1 fully saturated rings. The number of fused-ring (bicyclic) bond motifs is 1. The summed E-state index contributed by atoms with van der Waals surface area (Å²) in [6.07, 6.45) is 3.55. The standard InChI is InChI=1S/C24H28N2O/c1-18-6-8-22-15-20(7-9-24(22)25-18)16-26-12-10-19(11-13-26)14-21-4-2-3-5-23(21)17-27/h2-9,15,19,27H,10-14,16-17H2,1H3. The van der Waals surface area contributed by atoms with Crippen LogP contribution in [0, 0.1) is 12.8 Å². The summed E-state index contributed by atoms with van der Waals surface area (Å²) in [5.41, 5.74) is 5.92. The number of benzene rings is 2. The predicted molar refractivity (Wildman–Crippen MR) is 111 cm³/mol. The summed E-state index contributed by atoms with van der Waals surface area (Å²) in [5.74, 6) is 0.720. The van der Waals surface area contributed by atoms with Gasteiger partial charge in [0, 0.05) is 17.6 Å². The van der Waals surface area contributed by atoms with Gasteiger partial charge in [0.05, 0.1) is 12.1 Å². The third kappa shape index (κ3) is 4.37. The van der Waals surface area contributed by atoms with Crippen LogP contribution >= 0.6 is 0 Å². The van der Waals surface area contributed by atoms with Crippen LogP contribution in [0.3, 0.4) is 0 Å². The maximum Gasteiger partial charge on any atom is 0.0705 e. The van der Waals surface area contributed by atoms with E-state index in [0.717, 1.165) is 48.7 Å². The zero-order valence-corrected chi connectivity index (χ0v) is 16.1. The van der Waals surface area contributed by atoms with Crippen LogP contribution in [-0.2, 0) is 19.6 Å². The molecule has 3 aromatic rings. The van der Waals surface area contributed by atoms with Gasteiger partial charge < -0.3 is 5.11 Å². The van der Waals surface area contributed by atoms with E-state index in [1.165, 1.54) is 29.4 Å². The van der Waals surface area contributed by atoms with Crippen molar-refractivity contribution in [1.82, 2.24) is 9.88 Å². The quantitative estimate of drug-likeness (QED) is 0.728. The van der Waals surface area contributed by atoms with Crippen LogP contribution < -0.4 is 0 Å². The Morgan fingerprint density at radius 1 is 1.00 bits per heavy atom. The summed E-state index contributed by atoms with van der Waals surface area (Å²) in [4.78, 5) is 7.16. The van der Waals surface area contributed by atoms with Crippen molar-refractivity contribution in [3.8, 4) is 0 Å². The second kappa shape index (κ2) is 8.20. The number of rotatable bonds is 5. The molecule has 0 saturated carbocycles. The fourth-order valence-corrected chi connectivity index (χ4v) is 4.20. The average molecular weight is 361 g/mol. The monoisotopic (exact) mass is 360 g/mol. The molecule has 140 valence electrons. The number of hydrogen-bond acceptors (Lipinski definition) is 3. The summed E-state index contributed by atoms with van der Waals surface area (Å²) >= 11 is 0. The van der Waals surface area contributed by atoms with Gasteiger partial charge in [0.1, 0.15) is 0 Å². The third-order valence-corrected chi connectivity index (χ3v) is 5.80. The smallest absolute Gasteiger partial charge is 0.0705 e. The Kier molecular flexibility index (Phi) is 5.51. The summed E-state index contributed by atoms with van der Waals surface area (Å²) in [7, 11) is 0. The van der Waals surface area contributed by atoms with Crippen LogP contribution in [0.15, 0.2) is 54.6 Å². The molecule has 2 aromatic carbocycles. The van der Waals surface area contributed by atoms with Gasteiger partial charge in [-0.25, -0.2) is 0 Å². The van der Waals surface area contributed by atoms with E-state index < -0.39 is 0 Å². The van der Waals surface area contributed by atoms with Crippen molar-refractivity contribution in [2.45, 2.75) is 39.3 Å². The van der Waals surface area contributed by atoms with Crippen LogP contribution in [0.2, 0.25) is 0 Å². The van der Waals surface area contributed by atoms with E-state index in [1.54, 1.807) is 0 Å². The lowest BCUT2D eigenvalue weighted by Crippen LogP contribution is -2.33. The highest BCUT2D eigenvalue weighted by molar-refractivity contribution is 5.79. The highest BCUT2D eigenvalue weighted by Crippen LogP contribution is 2.25. The Labute approximate surface area is 161 Å². The molecule has 3 heteroatoms. The lowest BCUT2D eigenvalue weighted by atomic mass is 9.88. The van der Waals surface area contributed by atoms with Gasteiger partial charge in [-0.05, 0) is 80.1 Å². The number of aromatic nitrogens is 1. The van der Waals surface area contributed by atoms with E-state index in [-0.39, 0.29) is 6.61 Å². The van der Waals surface area contributed by atoms with Crippen molar-refractivity contribution < 1.29 is 5.11 Å². The number of nitrogens with zero attached hydrogens (tertiary/aromatic N) is 2. The van der Waals surface area contributed by atoms with Crippen LogP contribution in [0.5, 0.6) is 0 Å². The molecule has 1 saturated heterocycles. The van der Waals surface area contributed by atoms with E-state index in [2.05, 4.69) is 52.3 Å². The zero-order chi connectivity index (χ0) is 18.6. The van der Waals surface area contributed by atoms with Crippen LogP contribution in [-0.4, -0.2) is 28.1 Å². The number of piperidine rings is 1. The first-order chi connectivity index (χ1) is 13.2. The highest BCUT2D eigenvalue weighted by Gasteiger charge is 2.20. The molecular weight excluding hydrogens is 332 g/mol. The van der Waals surface area contributed by atoms with Crippen molar-refractivity contribution in [3.63, 3.8) is 0 Å². The molecule has 4 rings (SSSR count). The van der Waals surface area contributed by atoms with E-state index >= 15 is 0 Å². The lowest BCUT2D eigenvalue weighted by Gasteiger charge is -2.32. The van der Waals surface area contributed by atoms with Crippen LogP contribution in [0.1, 0.15) is 35.2 Å². The Hall–Kier alpha value is -2.23. The van der Waals surface area contributed by atoms with Crippen molar-refractivity contribution in [2.75, 3.05) is 13.1 Å². The number of aliphatic hydroxyl groups is 1. The Balaban J connectivity index is 1.35. The lowest BCUT2D eigenvalue weighted by molar-refractivity contribution is 0.176. The van der Waals surface area contributed by atoms with Gasteiger partial charge in [-0.15, -0.1) is 0 Å². The van der Waals surface area contributed by atoms with Crippen LogP contribution in [0.25, 0.3) is 10.9 Å². The molecule has 2 heterocycles. The molecule has 1 N–H and O–H groups in total. The van der Waals surface area contributed by atoms with Gasteiger partial charge in [0.2, 0.25) is 0 Å². The minimum absolute atomic E-state index is 0.144. The number of hydrogen-bond donors (Lipinski definition) is 1. The molecule has 0 atom stereocenters. The summed E-state index contributed by atoms with van der Waals surface area (Å²) in [6, 6.07) is 19.2. The molecule has 27 heavy (non-hydrogen) atoms. The normalized spacial score (nSPS) is 16.1. The largest absolute Gasteiger partial charge is 0.392 e. The second-order valence-electron chi connectivity index (χ2n) is 7.83. The number of likely N-dealkylation sites (tertiary alicyclic amines) is 1. The Bertz CT molecular complexity index is 913. The van der Waals surface area contributed by atoms with Crippen LogP contribution in [0.4, 0.5) is 0 Å². The van der Waals surface area contributed by atoms with Crippen molar-refractivity contribution in [2.24, 2.45) is 5.92 Å². The van der Waals surface area contributed by atoms with Gasteiger partial charge in [-0.3, -0.25) is 9.88 Å². The van der Waals surface area contributed by atoms with Crippen molar-refractivity contribution in [3.05, 3.63) is 77.0 Å². The minimum atomic E-state index is 0.144. The maximum atomic E-state index is 9.53. The molecule has 0 unspecified atom stereocenters. The molecule has 1 aliphatic heterocycles. The predicted octanol–water partition coefficient (Wildman–Crippen LogP) is 4.49. The summed E-state index contributed by atoms with van der Waals surface area (Å²) in [6.45, 7) is 5.50. The van der Waals surface area contributed by atoms with Gasteiger partial charge in [-0.1, -0.05) is 36.4 Å². The molecule has 1 aliphatic rings. The minimum Gasteiger partial charge on any atom is -0.392 e. The van der Waals surface area contributed by atoms with Crippen molar-refractivity contribution in [1.29, 1.82) is 0 Å². The molecule has 0 radical (unpaired) electrons. The highest BCUT2D eigenvalue weighted by atomic mass is 16.3. The first-order valence-corrected chi connectivity index (χ1v) is 9.97. The number of pyridine rings is 1. The molecule has 1 aromatic heterocycles. The summed E-state index contributed by atoms with van der Waals surface area (Å²) < 4.78 is 0. The SMILES string of the molecule is Cc1ccc2cc(CN3CCC(Cc4ccccc4CO)CC3)ccc2n1. The molecule has 0 aliphatic carbocycles. The van der Waals surface area contributed by atoms with Crippen molar-refractivity contribution >= 4 is 10.9 Å². The molecular formula is C24H28N2O. The van der Waals surface area contributed by atoms with E-state index in [1.807, 2.05) is 19.1 Å². The molecule has 0 bridgehead atoms. The Morgan fingerprint density at radius 3 is 2.56 bits per heavy atom.